The molecule has 0 saturated carbocycles. The smallest absolute Gasteiger partial charge is 0.244 e. The minimum absolute atomic E-state index is 0.158. The number of aryl methyl sites for hydroxylation is 2. The third kappa shape index (κ3) is 4.22. The molecule has 0 saturated heterocycles. The average molecular weight is 386 g/mol. The summed E-state index contributed by atoms with van der Waals surface area (Å²) in [5.41, 5.74) is 0.882. The number of furan rings is 1. The van der Waals surface area contributed by atoms with Gasteiger partial charge in [-0.05, 0) is 47.7 Å². The van der Waals surface area contributed by atoms with E-state index in [0.717, 1.165) is 15.2 Å². The minimum atomic E-state index is -0.158. The summed E-state index contributed by atoms with van der Waals surface area (Å²) < 4.78 is 11.4. The maximum Gasteiger partial charge on any atom is 0.244 e. The zero-order chi connectivity index (χ0) is 14.5. The molecule has 1 amide bonds. The zero-order valence-corrected chi connectivity index (χ0v) is 13.4. The van der Waals surface area contributed by atoms with Gasteiger partial charge in [-0.15, -0.1) is 0 Å². The van der Waals surface area contributed by atoms with Gasteiger partial charge in [0.25, 0.3) is 0 Å². The first-order chi connectivity index (χ1) is 9.54. The van der Waals surface area contributed by atoms with E-state index < -0.39 is 0 Å². The Bertz CT molecular complexity index is 628. The molecule has 6 heteroatoms. The van der Waals surface area contributed by atoms with Gasteiger partial charge in [0, 0.05) is 26.0 Å². The lowest BCUT2D eigenvalue weighted by Crippen LogP contribution is -2.23. The SMILES string of the molecule is Cc1nc(CCNC(=O)C=Cc2ccc(I)o2)c(C)o1. The lowest BCUT2D eigenvalue weighted by atomic mass is 10.2. The lowest BCUT2D eigenvalue weighted by molar-refractivity contribution is -0.116. The van der Waals surface area contributed by atoms with Gasteiger partial charge in [0.1, 0.15) is 11.5 Å². The highest BCUT2D eigenvalue weighted by molar-refractivity contribution is 14.1. The van der Waals surface area contributed by atoms with Gasteiger partial charge in [-0.1, -0.05) is 0 Å². The number of hydrogen-bond donors (Lipinski definition) is 1. The summed E-state index contributed by atoms with van der Waals surface area (Å²) in [5.74, 6) is 1.95. The molecule has 2 rings (SSSR count). The first-order valence-corrected chi connectivity index (χ1v) is 7.26. The molecule has 0 bridgehead atoms. The van der Waals surface area contributed by atoms with Gasteiger partial charge in [-0.2, -0.15) is 0 Å². The van der Waals surface area contributed by atoms with E-state index in [4.69, 9.17) is 8.83 Å². The Hall–Kier alpha value is -1.57. The Morgan fingerprint density at radius 1 is 1.40 bits per heavy atom. The van der Waals surface area contributed by atoms with Gasteiger partial charge in [0.2, 0.25) is 5.91 Å². The topological polar surface area (TPSA) is 68.3 Å². The third-order valence-electron chi connectivity index (χ3n) is 2.65. The van der Waals surface area contributed by atoms with Gasteiger partial charge in [-0.3, -0.25) is 4.79 Å². The first-order valence-electron chi connectivity index (χ1n) is 6.19. The second-order valence-electron chi connectivity index (χ2n) is 4.25. The van der Waals surface area contributed by atoms with E-state index in [1.165, 1.54) is 6.08 Å². The van der Waals surface area contributed by atoms with E-state index >= 15 is 0 Å². The summed E-state index contributed by atoms with van der Waals surface area (Å²) in [6.07, 6.45) is 3.75. The number of carbonyl (C=O) groups excluding carboxylic acids is 1. The molecular formula is C14H15IN2O3. The van der Waals surface area contributed by atoms with Crippen LogP contribution in [0.25, 0.3) is 6.08 Å². The fourth-order valence-corrected chi connectivity index (χ4v) is 2.18. The van der Waals surface area contributed by atoms with Gasteiger partial charge >= 0.3 is 0 Å². The second-order valence-corrected chi connectivity index (χ2v) is 5.32. The number of aromatic nitrogens is 1. The Morgan fingerprint density at radius 2 is 2.20 bits per heavy atom. The van der Waals surface area contributed by atoms with Crippen LogP contribution < -0.4 is 5.32 Å². The average Bonchev–Trinajstić information content (AvgIpc) is 2.93. The summed E-state index contributed by atoms with van der Waals surface area (Å²) in [7, 11) is 0. The monoisotopic (exact) mass is 386 g/mol. The fraction of sp³-hybridized carbons (Fsp3) is 0.286. The Balaban J connectivity index is 1.78. The molecule has 0 fully saturated rings. The highest BCUT2D eigenvalue weighted by Gasteiger charge is 2.06. The molecule has 2 heterocycles. The van der Waals surface area contributed by atoms with E-state index in [2.05, 4.69) is 32.9 Å². The van der Waals surface area contributed by atoms with Crippen LogP contribution in [-0.4, -0.2) is 17.4 Å². The third-order valence-corrected chi connectivity index (χ3v) is 3.23. The number of rotatable bonds is 5. The largest absolute Gasteiger partial charge is 0.451 e. The molecule has 0 radical (unpaired) electrons. The van der Waals surface area contributed by atoms with Crippen LogP contribution in [0.15, 0.2) is 27.0 Å². The van der Waals surface area contributed by atoms with E-state index in [-0.39, 0.29) is 5.91 Å². The summed E-state index contributed by atoms with van der Waals surface area (Å²) in [4.78, 5) is 15.9. The Morgan fingerprint density at radius 3 is 2.80 bits per heavy atom. The maximum absolute atomic E-state index is 11.6. The number of nitrogens with zero attached hydrogens (tertiary/aromatic N) is 1. The molecule has 0 aliphatic heterocycles. The summed E-state index contributed by atoms with van der Waals surface area (Å²) in [5, 5.41) is 2.79. The first kappa shape index (κ1) is 14.8. The van der Waals surface area contributed by atoms with Crippen LogP contribution >= 0.6 is 22.6 Å². The van der Waals surface area contributed by atoms with E-state index in [1.54, 1.807) is 6.08 Å². The number of carbonyl (C=O) groups is 1. The molecule has 2 aromatic rings. The highest BCUT2D eigenvalue weighted by Crippen LogP contribution is 2.11. The van der Waals surface area contributed by atoms with Crippen LogP contribution in [-0.2, 0) is 11.2 Å². The van der Waals surface area contributed by atoms with E-state index in [0.29, 0.717) is 24.6 Å². The molecule has 0 atom stereocenters. The highest BCUT2D eigenvalue weighted by atomic mass is 127. The Kier molecular flexibility index (Phi) is 4.99. The van der Waals surface area contributed by atoms with Crippen molar-refractivity contribution in [1.82, 2.24) is 10.3 Å². The normalized spacial score (nSPS) is 11.2. The van der Waals surface area contributed by atoms with Crippen molar-refractivity contribution in [1.29, 1.82) is 0 Å². The van der Waals surface area contributed by atoms with Gasteiger partial charge in [-0.25, -0.2) is 4.98 Å². The summed E-state index contributed by atoms with van der Waals surface area (Å²) >= 11 is 2.07. The van der Waals surface area contributed by atoms with Crippen molar-refractivity contribution in [2.75, 3.05) is 6.54 Å². The molecule has 0 aliphatic carbocycles. The number of halogens is 1. The number of nitrogens with one attached hydrogen (secondary N) is 1. The van der Waals surface area contributed by atoms with Crippen LogP contribution in [0.4, 0.5) is 0 Å². The van der Waals surface area contributed by atoms with Crippen molar-refractivity contribution >= 4 is 34.6 Å². The van der Waals surface area contributed by atoms with Gasteiger partial charge < -0.3 is 14.2 Å². The van der Waals surface area contributed by atoms with Crippen LogP contribution in [0.5, 0.6) is 0 Å². The zero-order valence-electron chi connectivity index (χ0n) is 11.3. The predicted octanol–water partition coefficient (Wildman–Crippen LogP) is 2.86. The molecule has 20 heavy (non-hydrogen) atoms. The standard InChI is InChI=1S/C14H15IN2O3/c1-9-12(17-10(2)19-9)7-8-16-14(18)6-4-11-3-5-13(15)20-11/h3-6H,7-8H2,1-2H3,(H,16,18). The number of amides is 1. The molecule has 0 unspecified atom stereocenters. The molecule has 2 aromatic heterocycles. The van der Waals surface area contributed by atoms with E-state index in [9.17, 15) is 4.79 Å². The van der Waals surface area contributed by atoms with Crippen molar-refractivity contribution in [3.8, 4) is 0 Å². The number of oxazole rings is 1. The Labute approximate surface area is 130 Å². The molecule has 0 aromatic carbocycles. The van der Waals surface area contributed by atoms with Crippen LogP contribution in [0.1, 0.15) is 23.1 Å². The van der Waals surface area contributed by atoms with Crippen LogP contribution in [0, 0.1) is 17.6 Å². The molecule has 5 nitrogen and oxygen atoms in total. The van der Waals surface area contributed by atoms with Crippen molar-refractivity contribution in [2.45, 2.75) is 20.3 Å². The molecule has 0 aliphatic rings. The van der Waals surface area contributed by atoms with Crippen molar-refractivity contribution < 1.29 is 13.6 Å². The summed E-state index contributed by atoms with van der Waals surface area (Å²) in [6, 6.07) is 3.65. The lowest BCUT2D eigenvalue weighted by Gasteiger charge is -2.00. The molecule has 0 spiro atoms. The second kappa shape index (κ2) is 6.74. The molecular weight excluding hydrogens is 371 g/mol. The maximum atomic E-state index is 11.6. The van der Waals surface area contributed by atoms with Crippen molar-refractivity contribution in [3.05, 3.63) is 45.1 Å². The van der Waals surface area contributed by atoms with Crippen molar-refractivity contribution in [3.63, 3.8) is 0 Å². The number of hydrogen-bond acceptors (Lipinski definition) is 4. The predicted molar refractivity (Wildman–Crippen MR) is 83.1 cm³/mol. The summed E-state index contributed by atoms with van der Waals surface area (Å²) in [6.45, 7) is 4.20. The molecule has 106 valence electrons. The fourth-order valence-electron chi connectivity index (χ4n) is 1.74. The van der Waals surface area contributed by atoms with Gasteiger partial charge in [0.05, 0.1) is 5.69 Å². The molecule has 1 N–H and O–H groups in total. The van der Waals surface area contributed by atoms with E-state index in [1.807, 2.05) is 26.0 Å². The van der Waals surface area contributed by atoms with Crippen LogP contribution in [0.2, 0.25) is 0 Å². The van der Waals surface area contributed by atoms with Crippen molar-refractivity contribution in [2.24, 2.45) is 0 Å². The minimum Gasteiger partial charge on any atom is -0.451 e. The quantitative estimate of drug-likeness (QED) is 0.634. The van der Waals surface area contributed by atoms with Crippen LogP contribution in [0.3, 0.4) is 0 Å². The van der Waals surface area contributed by atoms with Gasteiger partial charge in [0.15, 0.2) is 9.66 Å².